The molecule has 1 aromatic carbocycles. The van der Waals surface area contributed by atoms with Crippen molar-refractivity contribution in [2.24, 2.45) is 0 Å². The number of alkyl halides is 8. The molecule has 8 heteroatoms. The smallest absolute Gasteiger partial charge is 0.191 e. The van der Waals surface area contributed by atoms with E-state index in [9.17, 15) is 35.1 Å². The Morgan fingerprint density at radius 2 is 1.18 bits per heavy atom. The summed E-state index contributed by atoms with van der Waals surface area (Å²) in [6.07, 6.45) is -10.9. The molecule has 0 amide bonds. The zero-order valence-electron chi connectivity index (χ0n) is 7.83. The summed E-state index contributed by atoms with van der Waals surface area (Å²) in [7, 11) is 0. The molecule has 0 aliphatic carbocycles. The number of hydrogen-bond acceptors (Lipinski definition) is 0. The first-order valence-electron chi connectivity index (χ1n) is 4.08. The van der Waals surface area contributed by atoms with Crippen LogP contribution in [-0.4, -0.2) is 6.18 Å². The van der Waals surface area contributed by atoms with Crippen LogP contribution in [0.5, 0.6) is 0 Å². The van der Waals surface area contributed by atoms with Gasteiger partial charge in [-0.05, 0) is 12.1 Å². The van der Waals surface area contributed by atoms with Crippen molar-refractivity contribution in [2.75, 3.05) is 0 Å². The molecule has 0 aliphatic rings. The van der Waals surface area contributed by atoms with Gasteiger partial charge in [0.1, 0.15) is 0 Å². The molecular weight excluding hydrogens is 260 g/mol. The minimum Gasteiger partial charge on any atom is -0.191 e. The van der Waals surface area contributed by atoms with E-state index < -0.39 is 29.4 Å². The van der Waals surface area contributed by atoms with E-state index in [1.54, 1.807) is 0 Å². The molecule has 96 valence electrons. The summed E-state index contributed by atoms with van der Waals surface area (Å²) in [5.74, 6) is -5.31. The minimum atomic E-state index is -5.93. The molecule has 0 heterocycles. The number of rotatable bonds is 1. The number of halogens is 8. The van der Waals surface area contributed by atoms with Gasteiger partial charge < -0.3 is 0 Å². The largest absolute Gasteiger partial charge is 0.458 e. The first-order chi connectivity index (χ1) is 7.46. The highest BCUT2D eigenvalue weighted by Crippen LogP contribution is 2.44. The predicted octanol–water partition coefficient (Wildman–Crippen LogP) is 4.36. The Hall–Kier alpha value is -1.34. The Bertz CT molecular complexity index is 400. The summed E-state index contributed by atoms with van der Waals surface area (Å²) in [6.45, 7) is 0. The third-order valence-electron chi connectivity index (χ3n) is 1.91. The van der Waals surface area contributed by atoms with Crippen LogP contribution in [0.15, 0.2) is 24.3 Å². The lowest BCUT2D eigenvalue weighted by molar-refractivity contribution is -0.289. The summed E-state index contributed by atoms with van der Waals surface area (Å²) in [5.41, 5.74) is -3.29. The molecule has 1 aromatic rings. The fourth-order valence-corrected chi connectivity index (χ4v) is 1.05. The Morgan fingerprint density at radius 3 is 1.59 bits per heavy atom. The van der Waals surface area contributed by atoms with Gasteiger partial charge in [-0.3, -0.25) is 0 Å². The average molecular weight is 264 g/mol. The van der Waals surface area contributed by atoms with Crippen LogP contribution in [0.1, 0.15) is 11.1 Å². The second-order valence-corrected chi connectivity index (χ2v) is 3.15. The van der Waals surface area contributed by atoms with Crippen molar-refractivity contribution in [2.45, 2.75) is 18.3 Å². The summed E-state index contributed by atoms with van der Waals surface area (Å²) < 4.78 is 97.6. The highest BCUT2D eigenvalue weighted by molar-refractivity contribution is 5.29. The van der Waals surface area contributed by atoms with Crippen LogP contribution in [0.2, 0.25) is 0 Å². The van der Waals surface area contributed by atoms with Crippen molar-refractivity contribution in [1.29, 1.82) is 0 Å². The summed E-state index contributed by atoms with van der Waals surface area (Å²) in [4.78, 5) is 0. The molecule has 0 aliphatic heterocycles. The van der Waals surface area contributed by atoms with E-state index in [4.69, 9.17) is 0 Å². The minimum absolute atomic E-state index is 0.215. The van der Waals surface area contributed by atoms with Gasteiger partial charge in [0, 0.05) is 5.56 Å². The highest BCUT2D eigenvalue weighted by Gasteiger charge is 2.58. The molecule has 0 spiro atoms. The second kappa shape index (κ2) is 3.85. The normalized spacial score (nSPS) is 13.9. The maximum atomic E-state index is 12.7. The number of benzene rings is 1. The van der Waals surface area contributed by atoms with Crippen LogP contribution in [0, 0.1) is 0 Å². The average Bonchev–Trinajstić information content (AvgIpc) is 2.15. The Morgan fingerprint density at radius 1 is 0.706 bits per heavy atom. The molecule has 0 N–H and O–H groups in total. The zero-order chi connectivity index (χ0) is 13.5. The van der Waals surface area contributed by atoms with Gasteiger partial charge in [0.25, 0.3) is 0 Å². The van der Waals surface area contributed by atoms with Gasteiger partial charge in [0.15, 0.2) is 0 Å². The van der Waals surface area contributed by atoms with E-state index in [1.807, 2.05) is 0 Å². The Balaban J connectivity index is 3.26. The first-order valence-corrected chi connectivity index (χ1v) is 4.08. The first kappa shape index (κ1) is 13.7. The monoisotopic (exact) mass is 264 g/mol. The Kier molecular flexibility index (Phi) is 3.11. The zero-order valence-corrected chi connectivity index (χ0v) is 7.83. The van der Waals surface area contributed by atoms with Crippen molar-refractivity contribution >= 4 is 0 Å². The van der Waals surface area contributed by atoms with Crippen LogP contribution in [-0.2, 0) is 12.1 Å². The van der Waals surface area contributed by atoms with Gasteiger partial charge in [-0.2, -0.15) is 35.1 Å². The lowest BCUT2D eigenvalue weighted by Crippen LogP contribution is -2.33. The van der Waals surface area contributed by atoms with E-state index in [0.29, 0.717) is 18.2 Å². The van der Waals surface area contributed by atoms with Crippen LogP contribution in [0.4, 0.5) is 35.1 Å². The molecule has 1 rings (SSSR count). The van der Waals surface area contributed by atoms with Crippen LogP contribution in [0.3, 0.4) is 0 Å². The van der Waals surface area contributed by atoms with E-state index in [2.05, 4.69) is 0 Å². The second-order valence-electron chi connectivity index (χ2n) is 3.15. The maximum Gasteiger partial charge on any atom is 0.458 e. The summed E-state index contributed by atoms with van der Waals surface area (Å²) in [5, 5.41) is 0. The van der Waals surface area contributed by atoms with Gasteiger partial charge >= 0.3 is 18.3 Å². The Labute approximate surface area is 89.9 Å². The molecule has 0 saturated heterocycles. The summed E-state index contributed by atoms with van der Waals surface area (Å²) in [6, 6.07) is 0.990. The van der Waals surface area contributed by atoms with Crippen molar-refractivity contribution in [3.05, 3.63) is 35.4 Å². The van der Waals surface area contributed by atoms with Crippen LogP contribution < -0.4 is 0 Å². The summed E-state index contributed by atoms with van der Waals surface area (Å²) >= 11 is 0. The molecule has 0 unspecified atom stereocenters. The fraction of sp³-hybridized carbons (Fsp3) is 0.333. The van der Waals surface area contributed by atoms with E-state index in [1.165, 1.54) is 0 Å². The van der Waals surface area contributed by atoms with Crippen molar-refractivity contribution in [1.82, 2.24) is 0 Å². The fourth-order valence-electron chi connectivity index (χ4n) is 1.05. The van der Waals surface area contributed by atoms with Crippen molar-refractivity contribution < 1.29 is 35.1 Å². The quantitative estimate of drug-likeness (QED) is 0.661. The van der Waals surface area contributed by atoms with E-state index >= 15 is 0 Å². The molecule has 0 nitrogen and oxygen atoms in total. The molecular formula is C9H4F8. The lowest BCUT2D eigenvalue weighted by Gasteiger charge is -2.20. The van der Waals surface area contributed by atoms with Gasteiger partial charge in [-0.1, -0.05) is 12.1 Å². The topological polar surface area (TPSA) is 0 Å². The SMILES string of the molecule is FC(F)(F)c1cccc(C(F)(F)C(F)(F)F)c1. The van der Waals surface area contributed by atoms with Gasteiger partial charge in [0.2, 0.25) is 0 Å². The van der Waals surface area contributed by atoms with Crippen molar-refractivity contribution in [3.8, 4) is 0 Å². The van der Waals surface area contributed by atoms with Gasteiger partial charge in [-0.25, -0.2) is 0 Å². The van der Waals surface area contributed by atoms with Gasteiger partial charge in [0.05, 0.1) is 5.56 Å². The molecule has 0 fully saturated rings. The highest BCUT2D eigenvalue weighted by atomic mass is 19.4. The van der Waals surface area contributed by atoms with Crippen LogP contribution >= 0.6 is 0 Å². The molecule has 0 bridgehead atoms. The van der Waals surface area contributed by atoms with Crippen molar-refractivity contribution in [3.63, 3.8) is 0 Å². The third-order valence-corrected chi connectivity index (χ3v) is 1.91. The number of hydrogen-bond donors (Lipinski definition) is 0. The predicted molar refractivity (Wildman–Crippen MR) is 41.4 cm³/mol. The third kappa shape index (κ3) is 2.67. The molecule has 17 heavy (non-hydrogen) atoms. The van der Waals surface area contributed by atoms with Gasteiger partial charge in [-0.15, -0.1) is 0 Å². The maximum absolute atomic E-state index is 12.7. The molecule has 0 aromatic heterocycles. The molecule has 0 radical (unpaired) electrons. The standard InChI is InChI=1S/C9H4F8/c10-7(11,9(15,16)17)5-2-1-3-6(4-5)8(12,13)14/h1-4H. The van der Waals surface area contributed by atoms with E-state index in [-0.39, 0.29) is 6.07 Å². The lowest BCUT2D eigenvalue weighted by atomic mass is 10.0. The molecule has 0 atom stereocenters. The van der Waals surface area contributed by atoms with E-state index in [0.717, 1.165) is 0 Å². The molecule has 0 saturated carbocycles. The van der Waals surface area contributed by atoms with Crippen LogP contribution in [0.25, 0.3) is 0 Å².